The number of hydrogen-bond donors (Lipinski definition) is 0. The van der Waals surface area contributed by atoms with Gasteiger partial charge < -0.3 is 14.5 Å². The number of aromatic nitrogens is 2. The molecule has 0 N–H and O–H groups in total. The third kappa shape index (κ3) is 4.32. The van der Waals surface area contributed by atoms with E-state index in [4.69, 9.17) is 4.74 Å². The molecular formula is C21H27BrN4O4S. The third-order valence-corrected chi connectivity index (χ3v) is 8.57. The number of halogens is 1. The lowest BCUT2D eigenvalue weighted by atomic mass is 10.1. The van der Waals surface area contributed by atoms with Crippen LogP contribution in [0.4, 0.5) is 5.69 Å². The van der Waals surface area contributed by atoms with Gasteiger partial charge in [-0.3, -0.25) is 9.48 Å². The molecule has 2 aliphatic rings. The topological polar surface area (TPSA) is 84.7 Å². The number of nitrogens with zero attached hydrogens (tertiary/aromatic N) is 4. The van der Waals surface area contributed by atoms with Crippen LogP contribution >= 0.6 is 15.9 Å². The zero-order valence-electron chi connectivity index (χ0n) is 18.0. The lowest BCUT2D eigenvalue weighted by molar-refractivity contribution is 0.0745. The summed E-state index contributed by atoms with van der Waals surface area (Å²) in [5, 5.41) is 4.68. The Hall–Kier alpha value is -2.07. The summed E-state index contributed by atoms with van der Waals surface area (Å²) in [4.78, 5) is 17.2. The summed E-state index contributed by atoms with van der Waals surface area (Å²) < 4.78 is 31.7. The number of carbonyl (C=O) groups excluding carboxylic acids is 1. The molecule has 168 valence electrons. The van der Waals surface area contributed by atoms with Crippen LogP contribution in [0.5, 0.6) is 5.75 Å². The number of benzene rings is 1. The highest BCUT2D eigenvalue weighted by Gasteiger charge is 2.33. The Labute approximate surface area is 191 Å². The van der Waals surface area contributed by atoms with Crippen LogP contribution in [0, 0.1) is 13.8 Å². The number of piperazine rings is 1. The van der Waals surface area contributed by atoms with Gasteiger partial charge in [0.05, 0.1) is 47.3 Å². The number of aryl methyl sites for hydroxylation is 1. The van der Waals surface area contributed by atoms with Crippen molar-refractivity contribution >= 4 is 37.4 Å². The van der Waals surface area contributed by atoms with Crippen molar-refractivity contribution in [3.8, 4) is 5.75 Å². The van der Waals surface area contributed by atoms with Gasteiger partial charge in [-0.15, -0.1) is 0 Å². The number of anilines is 1. The lowest BCUT2D eigenvalue weighted by Gasteiger charge is -2.36. The predicted octanol–water partition coefficient (Wildman–Crippen LogP) is 2.59. The molecule has 0 saturated carbocycles. The van der Waals surface area contributed by atoms with Crippen LogP contribution in [-0.4, -0.2) is 73.8 Å². The minimum Gasteiger partial charge on any atom is -0.497 e. The van der Waals surface area contributed by atoms with Gasteiger partial charge in [0.2, 0.25) is 0 Å². The molecule has 1 aromatic carbocycles. The highest BCUT2D eigenvalue weighted by atomic mass is 79.9. The SMILES string of the molecule is COc1ccc(Br)c(C(=O)N2CCN(c3c(C)nn(C4CCS(=O)(=O)C4)c3C)CC2)c1. The van der Waals surface area contributed by atoms with E-state index in [1.807, 2.05) is 35.6 Å². The lowest BCUT2D eigenvalue weighted by Crippen LogP contribution is -2.49. The maximum absolute atomic E-state index is 13.1. The van der Waals surface area contributed by atoms with Crippen LogP contribution in [0.1, 0.15) is 34.2 Å². The van der Waals surface area contributed by atoms with E-state index in [0.717, 1.165) is 21.5 Å². The maximum atomic E-state index is 13.1. The van der Waals surface area contributed by atoms with Crippen LogP contribution in [-0.2, 0) is 9.84 Å². The molecular weight excluding hydrogens is 484 g/mol. The van der Waals surface area contributed by atoms with Gasteiger partial charge in [0, 0.05) is 30.7 Å². The molecule has 3 heterocycles. The van der Waals surface area contributed by atoms with E-state index >= 15 is 0 Å². The first-order valence-electron chi connectivity index (χ1n) is 10.3. The second-order valence-electron chi connectivity index (χ2n) is 8.15. The van der Waals surface area contributed by atoms with Crippen molar-refractivity contribution < 1.29 is 17.9 Å². The van der Waals surface area contributed by atoms with Crippen LogP contribution in [0.25, 0.3) is 0 Å². The number of amides is 1. The maximum Gasteiger partial charge on any atom is 0.255 e. The molecule has 8 nitrogen and oxygen atoms in total. The van der Waals surface area contributed by atoms with Crippen LogP contribution in [0.2, 0.25) is 0 Å². The van der Waals surface area contributed by atoms with E-state index in [1.165, 1.54) is 0 Å². The fraction of sp³-hybridized carbons (Fsp3) is 0.524. The average molecular weight is 511 g/mol. The zero-order valence-corrected chi connectivity index (χ0v) is 20.4. The number of hydrogen-bond acceptors (Lipinski definition) is 6. The van der Waals surface area contributed by atoms with Gasteiger partial charge in [-0.25, -0.2) is 8.42 Å². The fourth-order valence-electron chi connectivity index (χ4n) is 4.53. The number of carbonyl (C=O) groups is 1. The standard InChI is InChI=1S/C21H27BrN4O4S/c1-14-20(15(2)26(23-14)16-6-11-31(28,29)13-16)24-7-9-25(10-8-24)21(27)18-12-17(30-3)4-5-19(18)22/h4-5,12,16H,6-11,13H2,1-3H3. The van der Waals surface area contributed by atoms with Crippen molar-refractivity contribution in [1.29, 1.82) is 0 Å². The molecule has 4 rings (SSSR count). The molecule has 0 spiro atoms. The van der Waals surface area contributed by atoms with E-state index in [0.29, 0.717) is 43.9 Å². The molecule has 1 unspecified atom stereocenters. The number of methoxy groups -OCH3 is 1. The van der Waals surface area contributed by atoms with Gasteiger partial charge in [0.25, 0.3) is 5.91 Å². The van der Waals surface area contributed by atoms with Gasteiger partial charge in [-0.2, -0.15) is 5.10 Å². The monoisotopic (exact) mass is 510 g/mol. The molecule has 0 radical (unpaired) electrons. The Kier molecular flexibility index (Phi) is 6.04. The number of ether oxygens (including phenoxy) is 1. The number of rotatable bonds is 4. The predicted molar refractivity (Wildman–Crippen MR) is 123 cm³/mol. The smallest absolute Gasteiger partial charge is 0.255 e. The molecule has 1 atom stereocenters. The summed E-state index contributed by atoms with van der Waals surface area (Å²) in [6, 6.07) is 5.31. The molecule has 31 heavy (non-hydrogen) atoms. The van der Waals surface area contributed by atoms with Crippen LogP contribution in [0.15, 0.2) is 22.7 Å². The fourth-order valence-corrected chi connectivity index (χ4v) is 6.64. The van der Waals surface area contributed by atoms with Gasteiger partial charge >= 0.3 is 0 Å². The Morgan fingerprint density at radius 2 is 1.90 bits per heavy atom. The van der Waals surface area contributed by atoms with Crippen LogP contribution < -0.4 is 9.64 Å². The first-order valence-corrected chi connectivity index (χ1v) is 13.0. The molecule has 2 aliphatic heterocycles. The summed E-state index contributed by atoms with van der Waals surface area (Å²) in [5.41, 5.74) is 3.54. The third-order valence-electron chi connectivity index (χ3n) is 6.13. The highest BCUT2D eigenvalue weighted by Crippen LogP contribution is 2.32. The molecule has 0 bridgehead atoms. The number of sulfone groups is 1. The Morgan fingerprint density at radius 1 is 1.19 bits per heavy atom. The highest BCUT2D eigenvalue weighted by molar-refractivity contribution is 9.10. The summed E-state index contributed by atoms with van der Waals surface area (Å²) >= 11 is 3.47. The first kappa shape index (κ1) is 22.1. The van der Waals surface area contributed by atoms with Gasteiger partial charge in [0.1, 0.15) is 5.75 Å². The zero-order chi connectivity index (χ0) is 22.3. The van der Waals surface area contributed by atoms with Crippen molar-refractivity contribution in [3.05, 3.63) is 39.6 Å². The normalized spacial score (nSPS) is 20.8. The average Bonchev–Trinajstić information content (AvgIpc) is 3.26. The van der Waals surface area contributed by atoms with Crippen molar-refractivity contribution in [2.75, 3.05) is 49.7 Å². The van der Waals surface area contributed by atoms with Gasteiger partial charge in [-0.05, 0) is 54.4 Å². The summed E-state index contributed by atoms with van der Waals surface area (Å²) in [6.45, 7) is 6.57. The van der Waals surface area contributed by atoms with E-state index < -0.39 is 9.84 Å². The summed E-state index contributed by atoms with van der Waals surface area (Å²) in [6.07, 6.45) is 0.613. The van der Waals surface area contributed by atoms with Crippen LogP contribution in [0.3, 0.4) is 0 Å². The molecule has 1 aromatic heterocycles. The Bertz CT molecular complexity index is 1110. The summed E-state index contributed by atoms with van der Waals surface area (Å²) in [7, 11) is -1.39. The van der Waals surface area contributed by atoms with E-state index in [1.54, 1.807) is 13.2 Å². The summed E-state index contributed by atoms with van der Waals surface area (Å²) in [5.74, 6) is 1.02. The molecule has 0 aliphatic carbocycles. The minimum absolute atomic E-state index is 0.0225. The van der Waals surface area contributed by atoms with Crippen molar-refractivity contribution in [2.45, 2.75) is 26.3 Å². The Morgan fingerprint density at radius 3 is 2.52 bits per heavy atom. The minimum atomic E-state index is -2.97. The molecule has 2 fully saturated rings. The van der Waals surface area contributed by atoms with Crippen molar-refractivity contribution in [2.24, 2.45) is 0 Å². The Balaban J connectivity index is 1.48. The van der Waals surface area contributed by atoms with E-state index in [-0.39, 0.29) is 23.5 Å². The van der Waals surface area contributed by atoms with E-state index in [2.05, 4.69) is 25.9 Å². The first-order chi connectivity index (χ1) is 14.7. The molecule has 10 heteroatoms. The van der Waals surface area contributed by atoms with Gasteiger partial charge in [-0.1, -0.05) is 0 Å². The molecule has 2 aromatic rings. The quantitative estimate of drug-likeness (QED) is 0.628. The van der Waals surface area contributed by atoms with Crippen molar-refractivity contribution in [3.63, 3.8) is 0 Å². The van der Waals surface area contributed by atoms with E-state index in [9.17, 15) is 13.2 Å². The molecule has 1 amide bonds. The van der Waals surface area contributed by atoms with Crippen molar-refractivity contribution in [1.82, 2.24) is 14.7 Å². The largest absolute Gasteiger partial charge is 0.497 e. The second-order valence-corrected chi connectivity index (χ2v) is 11.2. The van der Waals surface area contributed by atoms with Gasteiger partial charge in [0.15, 0.2) is 9.84 Å². The molecule has 2 saturated heterocycles. The second kappa shape index (κ2) is 8.46.